The van der Waals surface area contributed by atoms with Gasteiger partial charge in [-0.15, -0.1) is 0 Å². The fourth-order valence-electron chi connectivity index (χ4n) is 1.92. The molecule has 1 unspecified atom stereocenters. The van der Waals surface area contributed by atoms with E-state index in [-0.39, 0.29) is 17.6 Å². The minimum atomic E-state index is -0.373. The van der Waals surface area contributed by atoms with E-state index in [4.69, 9.17) is 10.5 Å². The molecule has 5 heteroatoms. The maximum Gasteiger partial charge on any atom is 0.165 e. The molecule has 2 N–H and O–H groups in total. The van der Waals surface area contributed by atoms with Gasteiger partial charge in [0.15, 0.2) is 11.6 Å². The van der Waals surface area contributed by atoms with E-state index in [1.807, 2.05) is 23.9 Å². The summed E-state index contributed by atoms with van der Waals surface area (Å²) in [6.07, 6.45) is 4.07. The molecule has 1 heterocycles. The van der Waals surface area contributed by atoms with E-state index in [2.05, 4.69) is 4.98 Å². The first-order chi connectivity index (χ1) is 8.61. The molecule has 0 aliphatic heterocycles. The third-order valence-corrected chi connectivity index (χ3v) is 2.86. The second-order valence-corrected chi connectivity index (χ2v) is 4.18. The molecule has 4 nitrogen and oxygen atoms in total. The quantitative estimate of drug-likeness (QED) is 0.899. The van der Waals surface area contributed by atoms with Gasteiger partial charge in [-0.05, 0) is 24.1 Å². The predicted octanol–water partition coefficient (Wildman–Crippen LogP) is 1.81. The van der Waals surface area contributed by atoms with Crippen LogP contribution in [0.15, 0.2) is 30.6 Å². The Morgan fingerprint density at radius 3 is 2.83 bits per heavy atom. The van der Waals surface area contributed by atoms with Gasteiger partial charge in [-0.3, -0.25) is 0 Å². The highest BCUT2D eigenvalue weighted by Crippen LogP contribution is 2.20. The lowest BCUT2D eigenvalue weighted by atomic mass is 10.1. The number of methoxy groups -OCH3 is 1. The third-order valence-electron chi connectivity index (χ3n) is 2.86. The van der Waals surface area contributed by atoms with E-state index in [0.29, 0.717) is 6.42 Å². The van der Waals surface area contributed by atoms with Gasteiger partial charge in [0.05, 0.1) is 13.2 Å². The van der Waals surface area contributed by atoms with Crippen LogP contribution in [0.1, 0.15) is 17.4 Å². The van der Waals surface area contributed by atoms with Crippen molar-refractivity contribution in [3.63, 3.8) is 0 Å². The van der Waals surface area contributed by atoms with Gasteiger partial charge in [0.1, 0.15) is 5.82 Å². The Balaban J connectivity index is 2.15. The average molecular weight is 249 g/mol. The zero-order chi connectivity index (χ0) is 13.1. The Morgan fingerprint density at radius 1 is 1.50 bits per heavy atom. The van der Waals surface area contributed by atoms with Crippen molar-refractivity contribution >= 4 is 0 Å². The Bertz CT molecular complexity index is 539. The van der Waals surface area contributed by atoms with E-state index in [1.54, 1.807) is 12.3 Å². The summed E-state index contributed by atoms with van der Waals surface area (Å²) >= 11 is 0. The first-order valence-corrected chi connectivity index (χ1v) is 5.67. The molecule has 0 amide bonds. The Hall–Kier alpha value is -1.88. The summed E-state index contributed by atoms with van der Waals surface area (Å²) in [5.41, 5.74) is 6.88. The number of halogens is 1. The zero-order valence-corrected chi connectivity index (χ0v) is 10.4. The number of nitrogens with zero attached hydrogens (tertiary/aromatic N) is 2. The fourth-order valence-corrected chi connectivity index (χ4v) is 1.92. The maximum absolute atomic E-state index is 13.5. The smallest absolute Gasteiger partial charge is 0.165 e. The molecule has 0 spiro atoms. The number of rotatable bonds is 4. The van der Waals surface area contributed by atoms with Crippen LogP contribution in [-0.2, 0) is 13.5 Å². The third kappa shape index (κ3) is 2.51. The van der Waals surface area contributed by atoms with Crippen LogP contribution in [0.3, 0.4) is 0 Å². The lowest BCUT2D eigenvalue weighted by Gasteiger charge is -2.12. The Morgan fingerprint density at radius 2 is 2.28 bits per heavy atom. The highest BCUT2D eigenvalue weighted by atomic mass is 19.1. The van der Waals surface area contributed by atoms with Crippen molar-refractivity contribution in [2.75, 3.05) is 7.11 Å². The summed E-state index contributed by atoms with van der Waals surface area (Å²) in [5.74, 6) is 0.651. The molecular formula is C13H16FN3O. The number of aryl methyl sites for hydroxylation is 1. The van der Waals surface area contributed by atoms with Crippen molar-refractivity contribution < 1.29 is 9.13 Å². The predicted molar refractivity (Wildman–Crippen MR) is 66.8 cm³/mol. The molecule has 96 valence electrons. The fraction of sp³-hybridized carbons (Fsp3) is 0.308. The Labute approximate surface area is 105 Å². The Kier molecular flexibility index (Phi) is 3.62. The van der Waals surface area contributed by atoms with E-state index >= 15 is 0 Å². The summed E-state index contributed by atoms with van der Waals surface area (Å²) in [6.45, 7) is 0. The first kappa shape index (κ1) is 12.6. The minimum Gasteiger partial charge on any atom is -0.494 e. The lowest BCUT2D eigenvalue weighted by Crippen LogP contribution is -2.17. The SMILES string of the molecule is COc1ccc(CC(N)c2nccn2C)cc1F. The van der Waals surface area contributed by atoms with Crippen LogP contribution in [0, 0.1) is 5.82 Å². The van der Waals surface area contributed by atoms with Crippen molar-refractivity contribution in [2.45, 2.75) is 12.5 Å². The van der Waals surface area contributed by atoms with Crippen LogP contribution in [0.4, 0.5) is 4.39 Å². The molecule has 1 aromatic heterocycles. The van der Waals surface area contributed by atoms with Gasteiger partial charge in [0, 0.05) is 19.4 Å². The molecular weight excluding hydrogens is 233 g/mol. The summed E-state index contributed by atoms with van der Waals surface area (Å²) in [7, 11) is 3.33. The molecule has 0 saturated heterocycles. The van der Waals surface area contributed by atoms with Crippen LogP contribution in [0.5, 0.6) is 5.75 Å². The highest BCUT2D eigenvalue weighted by Gasteiger charge is 2.13. The van der Waals surface area contributed by atoms with Crippen molar-refractivity contribution in [1.82, 2.24) is 9.55 Å². The molecule has 0 bridgehead atoms. The van der Waals surface area contributed by atoms with Crippen LogP contribution in [0.25, 0.3) is 0 Å². The summed E-state index contributed by atoms with van der Waals surface area (Å²) in [5, 5.41) is 0. The van der Waals surface area contributed by atoms with E-state index in [0.717, 1.165) is 11.4 Å². The van der Waals surface area contributed by atoms with Gasteiger partial charge < -0.3 is 15.0 Å². The molecule has 1 atom stereocenters. The molecule has 0 aliphatic carbocycles. The van der Waals surface area contributed by atoms with Crippen molar-refractivity contribution in [3.8, 4) is 5.75 Å². The minimum absolute atomic E-state index is 0.240. The second kappa shape index (κ2) is 5.18. The molecule has 1 aromatic carbocycles. The van der Waals surface area contributed by atoms with E-state index < -0.39 is 0 Å². The summed E-state index contributed by atoms with van der Waals surface area (Å²) in [6, 6.07) is 4.61. The van der Waals surface area contributed by atoms with Gasteiger partial charge in [-0.2, -0.15) is 0 Å². The second-order valence-electron chi connectivity index (χ2n) is 4.18. The molecule has 2 rings (SSSR count). The normalized spacial score (nSPS) is 12.4. The first-order valence-electron chi connectivity index (χ1n) is 5.67. The number of imidazole rings is 1. The van der Waals surface area contributed by atoms with E-state index in [9.17, 15) is 4.39 Å². The van der Waals surface area contributed by atoms with Crippen LogP contribution in [-0.4, -0.2) is 16.7 Å². The number of nitrogens with two attached hydrogens (primary N) is 1. The molecule has 0 aliphatic rings. The van der Waals surface area contributed by atoms with Gasteiger partial charge in [-0.1, -0.05) is 6.07 Å². The number of hydrogen-bond acceptors (Lipinski definition) is 3. The van der Waals surface area contributed by atoms with Gasteiger partial charge >= 0.3 is 0 Å². The number of ether oxygens (including phenoxy) is 1. The van der Waals surface area contributed by atoms with Gasteiger partial charge in [0.2, 0.25) is 0 Å². The summed E-state index contributed by atoms with van der Waals surface area (Å²) in [4.78, 5) is 4.19. The maximum atomic E-state index is 13.5. The molecule has 0 fully saturated rings. The zero-order valence-electron chi connectivity index (χ0n) is 10.4. The van der Waals surface area contributed by atoms with Gasteiger partial charge in [0.25, 0.3) is 0 Å². The van der Waals surface area contributed by atoms with E-state index in [1.165, 1.54) is 13.2 Å². The number of hydrogen-bond donors (Lipinski definition) is 1. The molecule has 2 aromatic rings. The molecule has 0 saturated carbocycles. The van der Waals surface area contributed by atoms with Crippen molar-refractivity contribution in [2.24, 2.45) is 12.8 Å². The number of aromatic nitrogens is 2. The van der Waals surface area contributed by atoms with Crippen molar-refractivity contribution in [1.29, 1.82) is 0 Å². The standard InChI is InChI=1S/C13H16FN3O/c1-17-6-5-16-13(17)11(15)8-9-3-4-12(18-2)10(14)7-9/h3-7,11H,8,15H2,1-2H3. The molecule has 0 radical (unpaired) electrons. The average Bonchev–Trinajstić information content (AvgIpc) is 2.76. The molecule has 18 heavy (non-hydrogen) atoms. The topological polar surface area (TPSA) is 53.1 Å². The number of benzene rings is 1. The summed E-state index contributed by atoms with van der Waals surface area (Å²) < 4.78 is 20.3. The van der Waals surface area contributed by atoms with Crippen molar-refractivity contribution in [3.05, 3.63) is 47.8 Å². The van der Waals surface area contributed by atoms with Gasteiger partial charge in [-0.25, -0.2) is 9.37 Å². The largest absolute Gasteiger partial charge is 0.494 e. The van der Waals surface area contributed by atoms with Crippen LogP contribution in [0.2, 0.25) is 0 Å². The monoisotopic (exact) mass is 249 g/mol. The van der Waals surface area contributed by atoms with Crippen LogP contribution < -0.4 is 10.5 Å². The lowest BCUT2D eigenvalue weighted by molar-refractivity contribution is 0.386. The highest BCUT2D eigenvalue weighted by molar-refractivity contribution is 5.30. The van der Waals surface area contributed by atoms with Crippen LogP contribution >= 0.6 is 0 Å².